The molecular formula is C15H20O2S. The number of hydrogen-bond donors (Lipinski definition) is 1. The van der Waals surface area contributed by atoms with Gasteiger partial charge >= 0.3 is 5.97 Å². The van der Waals surface area contributed by atoms with Crippen LogP contribution >= 0.6 is 12.6 Å². The number of carbonyl (C=O) groups is 1. The quantitative estimate of drug-likeness (QED) is 0.645. The molecule has 0 saturated heterocycles. The Labute approximate surface area is 114 Å². The van der Waals surface area contributed by atoms with E-state index in [1.807, 2.05) is 19.1 Å². The van der Waals surface area contributed by atoms with Gasteiger partial charge in [-0.1, -0.05) is 19.4 Å². The lowest BCUT2D eigenvalue weighted by Crippen LogP contribution is -2.24. The van der Waals surface area contributed by atoms with Crippen LogP contribution in [-0.4, -0.2) is 12.1 Å². The Morgan fingerprint density at radius 3 is 2.89 bits per heavy atom. The zero-order valence-electron chi connectivity index (χ0n) is 11.0. The van der Waals surface area contributed by atoms with Crippen molar-refractivity contribution in [2.24, 2.45) is 5.92 Å². The Morgan fingerprint density at radius 2 is 2.17 bits per heavy atom. The van der Waals surface area contributed by atoms with Crippen molar-refractivity contribution in [1.29, 1.82) is 0 Å². The Kier molecular flexibility index (Phi) is 4.33. The van der Waals surface area contributed by atoms with Crippen molar-refractivity contribution >= 4 is 18.6 Å². The summed E-state index contributed by atoms with van der Waals surface area (Å²) < 4.78 is 5.61. The van der Waals surface area contributed by atoms with E-state index < -0.39 is 0 Å². The van der Waals surface area contributed by atoms with Crippen molar-refractivity contribution in [3.05, 3.63) is 29.3 Å². The predicted molar refractivity (Wildman–Crippen MR) is 75.3 cm³/mol. The minimum absolute atomic E-state index is 0.0872. The summed E-state index contributed by atoms with van der Waals surface area (Å²) in [5.74, 6) is 0.455. The van der Waals surface area contributed by atoms with E-state index >= 15 is 0 Å². The molecule has 2 rings (SSSR count). The number of benzene rings is 1. The van der Waals surface area contributed by atoms with E-state index in [2.05, 4.69) is 19.6 Å². The van der Waals surface area contributed by atoms with E-state index in [4.69, 9.17) is 4.74 Å². The fourth-order valence-corrected chi connectivity index (χ4v) is 2.73. The van der Waals surface area contributed by atoms with Crippen molar-refractivity contribution in [3.8, 4) is 0 Å². The molecule has 1 saturated carbocycles. The summed E-state index contributed by atoms with van der Waals surface area (Å²) in [4.78, 5) is 12.9. The lowest BCUT2D eigenvalue weighted by Gasteiger charge is -2.26. The van der Waals surface area contributed by atoms with Crippen LogP contribution in [0.2, 0.25) is 0 Å². The summed E-state index contributed by atoms with van der Waals surface area (Å²) in [6, 6.07) is 5.58. The van der Waals surface area contributed by atoms with Crippen molar-refractivity contribution in [2.45, 2.75) is 50.5 Å². The maximum Gasteiger partial charge on any atom is 0.338 e. The third kappa shape index (κ3) is 3.29. The fraction of sp³-hybridized carbons (Fsp3) is 0.533. The monoisotopic (exact) mass is 264 g/mol. The third-order valence-electron chi connectivity index (χ3n) is 3.60. The van der Waals surface area contributed by atoms with Gasteiger partial charge in [-0.25, -0.2) is 4.79 Å². The lowest BCUT2D eigenvalue weighted by molar-refractivity contribution is 0.0154. The van der Waals surface area contributed by atoms with Gasteiger partial charge in [0.1, 0.15) is 6.10 Å². The standard InChI is InChI=1S/C15H20O2S/c1-10-4-3-5-12(8-10)17-15(16)14-9-13(18)7-6-11(14)2/h6-7,9-10,12,18H,3-5,8H2,1-2H3. The number of carbonyl (C=O) groups excluding carboxylic acids is 1. The molecule has 1 fully saturated rings. The molecule has 1 aliphatic carbocycles. The van der Waals surface area contributed by atoms with Gasteiger partial charge in [0.2, 0.25) is 0 Å². The largest absolute Gasteiger partial charge is 0.459 e. The molecule has 2 nitrogen and oxygen atoms in total. The zero-order valence-corrected chi connectivity index (χ0v) is 11.9. The molecule has 1 aromatic rings. The molecule has 18 heavy (non-hydrogen) atoms. The SMILES string of the molecule is Cc1ccc(S)cc1C(=O)OC1CCCC(C)C1. The lowest BCUT2D eigenvalue weighted by atomic mass is 9.88. The number of ether oxygens (including phenoxy) is 1. The van der Waals surface area contributed by atoms with Gasteiger partial charge in [-0.3, -0.25) is 0 Å². The van der Waals surface area contributed by atoms with Crippen LogP contribution < -0.4 is 0 Å². The van der Waals surface area contributed by atoms with Gasteiger partial charge in [-0.05, 0) is 49.8 Å². The number of esters is 1. The average Bonchev–Trinajstić information content (AvgIpc) is 2.32. The van der Waals surface area contributed by atoms with E-state index in [9.17, 15) is 4.79 Å². The van der Waals surface area contributed by atoms with Crippen molar-refractivity contribution in [1.82, 2.24) is 0 Å². The molecule has 1 aliphatic rings. The van der Waals surface area contributed by atoms with Crippen LogP contribution in [0, 0.1) is 12.8 Å². The molecule has 0 amide bonds. The van der Waals surface area contributed by atoms with Gasteiger partial charge in [0.25, 0.3) is 0 Å². The number of thiol groups is 1. The zero-order chi connectivity index (χ0) is 13.1. The van der Waals surface area contributed by atoms with Crippen molar-refractivity contribution < 1.29 is 9.53 Å². The number of rotatable bonds is 2. The van der Waals surface area contributed by atoms with Crippen LogP contribution in [0.1, 0.15) is 48.5 Å². The van der Waals surface area contributed by atoms with Crippen LogP contribution in [0.4, 0.5) is 0 Å². The Balaban J connectivity index is 2.05. The van der Waals surface area contributed by atoms with Crippen LogP contribution in [-0.2, 0) is 4.74 Å². The maximum atomic E-state index is 12.1. The van der Waals surface area contributed by atoms with Gasteiger partial charge in [0.15, 0.2) is 0 Å². The Bertz CT molecular complexity index is 442. The summed E-state index contributed by atoms with van der Waals surface area (Å²) >= 11 is 4.27. The normalized spacial score (nSPS) is 23.7. The molecule has 0 aromatic heterocycles. The van der Waals surface area contributed by atoms with Crippen LogP contribution in [0.3, 0.4) is 0 Å². The maximum absolute atomic E-state index is 12.1. The molecule has 0 spiro atoms. The van der Waals surface area contributed by atoms with Gasteiger partial charge in [0, 0.05) is 4.90 Å². The molecule has 3 heteroatoms. The van der Waals surface area contributed by atoms with E-state index in [0.717, 1.165) is 29.7 Å². The second kappa shape index (κ2) is 5.79. The highest BCUT2D eigenvalue weighted by atomic mass is 32.1. The predicted octanol–water partition coefficient (Wildman–Crippen LogP) is 4.02. The summed E-state index contributed by atoms with van der Waals surface area (Å²) in [6.45, 7) is 4.15. The first kappa shape index (κ1) is 13.5. The highest BCUT2D eigenvalue weighted by Crippen LogP contribution is 2.27. The van der Waals surface area contributed by atoms with Gasteiger partial charge in [-0.2, -0.15) is 0 Å². The Hall–Kier alpha value is -0.960. The molecular weight excluding hydrogens is 244 g/mol. The highest BCUT2D eigenvalue weighted by molar-refractivity contribution is 7.80. The summed E-state index contributed by atoms with van der Waals surface area (Å²) in [5, 5.41) is 0. The molecule has 98 valence electrons. The third-order valence-corrected chi connectivity index (χ3v) is 3.88. The molecule has 0 aliphatic heterocycles. The topological polar surface area (TPSA) is 26.3 Å². The van der Waals surface area contributed by atoms with Crippen molar-refractivity contribution in [2.75, 3.05) is 0 Å². The van der Waals surface area contributed by atoms with Crippen LogP contribution in [0.25, 0.3) is 0 Å². The average molecular weight is 264 g/mol. The summed E-state index contributed by atoms with van der Waals surface area (Å²) in [7, 11) is 0. The molecule has 0 bridgehead atoms. The molecule has 2 atom stereocenters. The number of hydrogen-bond acceptors (Lipinski definition) is 3. The molecule has 0 radical (unpaired) electrons. The fourth-order valence-electron chi connectivity index (χ4n) is 2.53. The van der Waals surface area contributed by atoms with Crippen LogP contribution in [0.15, 0.2) is 23.1 Å². The number of aryl methyl sites for hydroxylation is 1. The first-order valence-corrected chi connectivity index (χ1v) is 7.01. The second-order valence-corrected chi connectivity index (χ2v) is 5.81. The van der Waals surface area contributed by atoms with E-state index in [1.165, 1.54) is 6.42 Å². The summed E-state index contributed by atoms with van der Waals surface area (Å²) in [6.07, 6.45) is 4.48. The Morgan fingerprint density at radius 1 is 1.39 bits per heavy atom. The highest BCUT2D eigenvalue weighted by Gasteiger charge is 2.23. The van der Waals surface area contributed by atoms with Gasteiger partial charge in [0.05, 0.1) is 5.56 Å². The smallest absolute Gasteiger partial charge is 0.338 e. The molecule has 0 heterocycles. The second-order valence-electron chi connectivity index (χ2n) is 5.30. The molecule has 1 aromatic carbocycles. The van der Waals surface area contributed by atoms with Crippen molar-refractivity contribution in [3.63, 3.8) is 0 Å². The first-order valence-electron chi connectivity index (χ1n) is 6.57. The van der Waals surface area contributed by atoms with E-state index in [0.29, 0.717) is 11.5 Å². The minimum Gasteiger partial charge on any atom is -0.459 e. The van der Waals surface area contributed by atoms with E-state index in [-0.39, 0.29) is 12.1 Å². The van der Waals surface area contributed by atoms with E-state index in [1.54, 1.807) is 6.07 Å². The van der Waals surface area contributed by atoms with Gasteiger partial charge in [-0.15, -0.1) is 12.6 Å². The minimum atomic E-state index is -0.206. The molecule has 0 N–H and O–H groups in total. The summed E-state index contributed by atoms with van der Waals surface area (Å²) in [5.41, 5.74) is 1.59. The molecule has 2 unspecified atom stereocenters. The van der Waals surface area contributed by atoms with Gasteiger partial charge < -0.3 is 4.74 Å². The van der Waals surface area contributed by atoms with Crippen LogP contribution in [0.5, 0.6) is 0 Å². The first-order chi connectivity index (χ1) is 8.56.